The molecule has 0 bridgehead atoms. The van der Waals surface area contributed by atoms with Crippen LogP contribution in [0.15, 0.2) is 12.4 Å². The van der Waals surface area contributed by atoms with Gasteiger partial charge in [-0.2, -0.15) is 0 Å². The van der Waals surface area contributed by atoms with Crippen molar-refractivity contribution in [2.24, 2.45) is 0 Å². The molecule has 1 unspecified atom stereocenters. The fourth-order valence-electron chi connectivity index (χ4n) is 0.955. The summed E-state index contributed by atoms with van der Waals surface area (Å²) in [5.41, 5.74) is 0.225. The SMILES string of the molecule is C#CCC(C)NC(=O)c1cnc(Cl)cn1. The van der Waals surface area contributed by atoms with E-state index in [1.807, 2.05) is 6.92 Å². The Kier molecular flexibility index (Phi) is 4.07. The fourth-order valence-corrected chi connectivity index (χ4v) is 1.05. The van der Waals surface area contributed by atoms with E-state index in [0.717, 1.165) is 0 Å². The molecule has 0 aliphatic carbocycles. The summed E-state index contributed by atoms with van der Waals surface area (Å²) in [6.07, 6.45) is 8.24. The van der Waals surface area contributed by atoms with Crippen molar-refractivity contribution in [3.8, 4) is 12.3 Å². The minimum atomic E-state index is -0.304. The zero-order valence-electron chi connectivity index (χ0n) is 8.20. The van der Waals surface area contributed by atoms with E-state index in [1.54, 1.807) is 0 Å². The number of terminal acetylenes is 1. The van der Waals surface area contributed by atoms with E-state index < -0.39 is 0 Å². The molecule has 4 nitrogen and oxygen atoms in total. The van der Waals surface area contributed by atoms with Gasteiger partial charge in [0.25, 0.3) is 5.91 Å². The van der Waals surface area contributed by atoms with E-state index in [1.165, 1.54) is 12.4 Å². The van der Waals surface area contributed by atoms with Gasteiger partial charge in [0.1, 0.15) is 10.8 Å². The Morgan fingerprint density at radius 2 is 2.40 bits per heavy atom. The quantitative estimate of drug-likeness (QED) is 0.786. The number of hydrogen-bond acceptors (Lipinski definition) is 3. The Morgan fingerprint density at radius 3 is 2.93 bits per heavy atom. The van der Waals surface area contributed by atoms with Gasteiger partial charge in [-0.15, -0.1) is 12.3 Å². The largest absolute Gasteiger partial charge is 0.347 e. The molecular weight excluding hydrogens is 214 g/mol. The van der Waals surface area contributed by atoms with Crippen LogP contribution in [0.3, 0.4) is 0 Å². The highest BCUT2D eigenvalue weighted by Crippen LogP contribution is 2.01. The lowest BCUT2D eigenvalue weighted by Crippen LogP contribution is -2.32. The first-order valence-corrected chi connectivity index (χ1v) is 4.73. The van der Waals surface area contributed by atoms with Crippen LogP contribution >= 0.6 is 11.6 Å². The minimum Gasteiger partial charge on any atom is -0.347 e. The summed E-state index contributed by atoms with van der Waals surface area (Å²) in [6, 6.07) is -0.0834. The van der Waals surface area contributed by atoms with Crippen LogP contribution in [0.5, 0.6) is 0 Å². The van der Waals surface area contributed by atoms with Gasteiger partial charge in [0.15, 0.2) is 0 Å². The summed E-state index contributed by atoms with van der Waals surface area (Å²) < 4.78 is 0. The molecule has 1 rings (SSSR count). The molecule has 1 N–H and O–H groups in total. The Balaban J connectivity index is 2.62. The third-order valence-corrected chi connectivity index (χ3v) is 1.85. The molecule has 0 saturated heterocycles. The van der Waals surface area contributed by atoms with Crippen molar-refractivity contribution < 1.29 is 4.79 Å². The van der Waals surface area contributed by atoms with Crippen LogP contribution in [-0.2, 0) is 0 Å². The zero-order chi connectivity index (χ0) is 11.3. The second kappa shape index (κ2) is 5.32. The Morgan fingerprint density at radius 1 is 1.67 bits per heavy atom. The van der Waals surface area contributed by atoms with Crippen LogP contribution < -0.4 is 5.32 Å². The molecule has 0 aromatic carbocycles. The number of hydrogen-bond donors (Lipinski definition) is 1. The van der Waals surface area contributed by atoms with E-state index in [4.69, 9.17) is 18.0 Å². The summed E-state index contributed by atoms with van der Waals surface area (Å²) in [6.45, 7) is 1.82. The number of nitrogens with zero attached hydrogens (tertiary/aromatic N) is 2. The van der Waals surface area contributed by atoms with Crippen molar-refractivity contribution in [3.05, 3.63) is 23.2 Å². The maximum Gasteiger partial charge on any atom is 0.271 e. The van der Waals surface area contributed by atoms with Crippen LogP contribution in [0.25, 0.3) is 0 Å². The van der Waals surface area contributed by atoms with Crippen molar-refractivity contribution in [3.63, 3.8) is 0 Å². The van der Waals surface area contributed by atoms with Crippen LogP contribution in [0.2, 0.25) is 5.15 Å². The highest BCUT2D eigenvalue weighted by molar-refractivity contribution is 6.29. The van der Waals surface area contributed by atoms with Crippen molar-refractivity contribution in [2.45, 2.75) is 19.4 Å². The highest BCUT2D eigenvalue weighted by atomic mass is 35.5. The summed E-state index contributed by atoms with van der Waals surface area (Å²) in [7, 11) is 0. The van der Waals surface area contributed by atoms with Crippen molar-refractivity contribution in [1.82, 2.24) is 15.3 Å². The molecule has 1 aromatic heterocycles. The summed E-state index contributed by atoms with van der Waals surface area (Å²) in [4.78, 5) is 19.1. The molecule has 5 heteroatoms. The van der Waals surface area contributed by atoms with Gasteiger partial charge in [-0.25, -0.2) is 9.97 Å². The van der Waals surface area contributed by atoms with Gasteiger partial charge in [0.2, 0.25) is 0 Å². The van der Waals surface area contributed by atoms with Gasteiger partial charge in [-0.3, -0.25) is 4.79 Å². The van der Waals surface area contributed by atoms with E-state index >= 15 is 0 Å². The van der Waals surface area contributed by atoms with E-state index in [2.05, 4.69) is 21.2 Å². The lowest BCUT2D eigenvalue weighted by molar-refractivity contribution is 0.0935. The summed E-state index contributed by atoms with van der Waals surface area (Å²) in [5, 5.41) is 2.94. The number of aromatic nitrogens is 2. The summed E-state index contributed by atoms with van der Waals surface area (Å²) >= 11 is 5.54. The molecule has 15 heavy (non-hydrogen) atoms. The Bertz CT molecular complexity index is 383. The first-order valence-electron chi connectivity index (χ1n) is 4.35. The average Bonchev–Trinajstić information content (AvgIpc) is 2.18. The van der Waals surface area contributed by atoms with E-state index in [0.29, 0.717) is 6.42 Å². The first-order chi connectivity index (χ1) is 7.13. The van der Waals surface area contributed by atoms with Crippen molar-refractivity contribution >= 4 is 17.5 Å². The monoisotopic (exact) mass is 223 g/mol. The fraction of sp³-hybridized carbons (Fsp3) is 0.300. The molecule has 1 heterocycles. The van der Waals surface area contributed by atoms with Crippen molar-refractivity contribution in [1.29, 1.82) is 0 Å². The van der Waals surface area contributed by atoms with Gasteiger partial charge < -0.3 is 5.32 Å². The number of carbonyl (C=O) groups is 1. The van der Waals surface area contributed by atoms with Crippen LogP contribution in [0, 0.1) is 12.3 Å². The molecule has 0 fully saturated rings. The zero-order valence-corrected chi connectivity index (χ0v) is 8.95. The molecule has 78 valence electrons. The van der Waals surface area contributed by atoms with Crippen LogP contribution in [0.4, 0.5) is 0 Å². The predicted molar refractivity (Wildman–Crippen MR) is 57.4 cm³/mol. The van der Waals surface area contributed by atoms with Crippen LogP contribution in [0.1, 0.15) is 23.8 Å². The van der Waals surface area contributed by atoms with Crippen LogP contribution in [-0.4, -0.2) is 21.9 Å². The molecule has 1 amide bonds. The topological polar surface area (TPSA) is 54.9 Å². The van der Waals surface area contributed by atoms with Gasteiger partial charge in [-0.05, 0) is 6.92 Å². The third kappa shape index (κ3) is 3.56. The molecule has 0 saturated carbocycles. The molecule has 0 aliphatic heterocycles. The molecule has 0 aliphatic rings. The van der Waals surface area contributed by atoms with Crippen molar-refractivity contribution in [2.75, 3.05) is 0 Å². The molecule has 1 aromatic rings. The number of carbonyl (C=O) groups excluding carboxylic acids is 1. The Labute approximate surface area is 93.1 Å². The lowest BCUT2D eigenvalue weighted by atomic mass is 10.2. The van der Waals surface area contributed by atoms with Gasteiger partial charge in [0.05, 0.1) is 12.4 Å². The van der Waals surface area contributed by atoms with E-state index in [9.17, 15) is 4.79 Å². The normalized spacial score (nSPS) is 11.5. The molecule has 0 radical (unpaired) electrons. The standard InChI is InChI=1S/C10H10ClN3O/c1-3-4-7(2)14-10(15)8-5-13-9(11)6-12-8/h1,5-7H,4H2,2H3,(H,14,15). The van der Waals surface area contributed by atoms with Gasteiger partial charge >= 0.3 is 0 Å². The average molecular weight is 224 g/mol. The molecule has 1 atom stereocenters. The Hall–Kier alpha value is -1.60. The number of amides is 1. The number of nitrogens with one attached hydrogen (secondary N) is 1. The second-order valence-electron chi connectivity index (χ2n) is 3.01. The maximum atomic E-state index is 11.5. The molecule has 0 spiro atoms. The smallest absolute Gasteiger partial charge is 0.271 e. The van der Waals surface area contributed by atoms with Gasteiger partial charge in [-0.1, -0.05) is 11.6 Å². The minimum absolute atomic E-state index is 0.0834. The second-order valence-corrected chi connectivity index (χ2v) is 3.39. The summed E-state index contributed by atoms with van der Waals surface area (Å²) in [5.74, 6) is 2.16. The van der Waals surface area contributed by atoms with E-state index in [-0.39, 0.29) is 22.8 Å². The predicted octanol–water partition coefficient (Wildman–Crippen LogP) is 1.27. The third-order valence-electron chi connectivity index (χ3n) is 1.65. The number of halogens is 1. The molecular formula is C10H10ClN3O. The highest BCUT2D eigenvalue weighted by Gasteiger charge is 2.10. The lowest BCUT2D eigenvalue weighted by Gasteiger charge is -2.09. The first kappa shape index (κ1) is 11.5. The number of rotatable bonds is 3. The maximum absolute atomic E-state index is 11.5. The van der Waals surface area contributed by atoms with Gasteiger partial charge in [0, 0.05) is 12.5 Å².